The molecule has 1 aromatic rings. The first-order valence-corrected chi connectivity index (χ1v) is 7.27. The zero-order chi connectivity index (χ0) is 16.4. The zero-order valence-corrected chi connectivity index (χ0v) is 13.4. The van der Waals surface area contributed by atoms with Gasteiger partial charge in [-0.25, -0.2) is 4.79 Å². The second kappa shape index (κ2) is 9.58. The van der Waals surface area contributed by atoms with Gasteiger partial charge in [-0.3, -0.25) is 4.79 Å². The lowest BCUT2D eigenvalue weighted by Crippen LogP contribution is -2.47. The average Bonchev–Trinajstić information content (AvgIpc) is 2.50. The van der Waals surface area contributed by atoms with Crippen LogP contribution in [0.3, 0.4) is 0 Å². The third kappa shape index (κ3) is 6.90. The van der Waals surface area contributed by atoms with Crippen LogP contribution in [-0.4, -0.2) is 24.6 Å². The first kappa shape index (κ1) is 17.7. The van der Waals surface area contributed by atoms with E-state index in [0.29, 0.717) is 4.48 Å². The SMILES string of the molecule is C=C(Br)C[C@H](NC(=O)OCc1ccccc1)C(=O)NCC#N. The fourth-order valence-electron chi connectivity index (χ4n) is 1.59. The Morgan fingerprint density at radius 3 is 2.64 bits per heavy atom. The summed E-state index contributed by atoms with van der Waals surface area (Å²) in [6.45, 7) is 3.61. The Hall–Kier alpha value is -2.33. The Morgan fingerprint density at radius 1 is 1.36 bits per heavy atom. The van der Waals surface area contributed by atoms with Gasteiger partial charge in [-0.2, -0.15) is 5.26 Å². The van der Waals surface area contributed by atoms with E-state index < -0.39 is 18.0 Å². The van der Waals surface area contributed by atoms with E-state index in [0.717, 1.165) is 5.56 Å². The minimum absolute atomic E-state index is 0.106. The quantitative estimate of drug-likeness (QED) is 0.724. The van der Waals surface area contributed by atoms with Crippen molar-refractivity contribution in [2.24, 2.45) is 0 Å². The van der Waals surface area contributed by atoms with Gasteiger partial charge in [0.15, 0.2) is 0 Å². The number of nitrogens with zero attached hydrogens (tertiary/aromatic N) is 1. The van der Waals surface area contributed by atoms with E-state index in [4.69, 9.17) is 10.00 Å². The van der Waals surface area contributed by atoms with Gasteiger partial charge >= 0.3 is 6.09 Å². The molecular formula is C15H16BrN3O3. The fraction of sp³-hybridized carbons (Fsp3) is 0.267. The number of nitriles is 1. The molecule has 0 unspecified atom stereocenters. The monoisotopic (exact) mass is 365 g/mol. The van der Waals surface area contributed by atoms with E-state index in [1.54, 1.807) is 6.07 Å². The summed E-state index contributed by atoms with van der Waals surface area (Å²) in [6, 6.07) is 10.1. The van der Waals surface area contributed by atoms with Crippen molar-refractivity contribution in [2.75, 3.05) is 6.54 Å². The van der Waals surface area contributed by atoms with Gasteiger partial charge in [0.2, 0.25) is 5.91 Å². The molecule has 0 aromatic heterocycles. The average molecular weight is 366 g/mol. The number of ether oxygens (including phenoxy) is 1. The van der Waals surface area contributed by atoms with Gasteiger partial charge in [-0.05, 0) is 10.0 Å². The molecule has 0 aliphatic heterocycles. The molecule has 0 aliphatic rings. The summed E-state index contributed by atoms with van der Waals surface area (Å²) in [7, 11) is 0. The van der Waals surface area contributed by atoms with Crippen molar-refractivity contribution < 1.29 is 14.3 Å². The molecule has 7 heteroatoms. The number of nitrogens with one attached hydrogen (secondary N) is 2. The molecule has 0 aliphatic carbocycles. The second-order valence-corrected chi connectivity index (χ2v) is 5.48. The van der Waals surface area contributed by atoms with Gasteiger partial charge in [0.05, 0.1) is 6.07 Å². The number of alkyl carbamates (subject to hydrolysis) is 1. The van der Waals surface area contributed by atoms with Gasteiger partial charge in [0.1, 0.15) is 19.2 Å². The lowest BCUT2D eigenvalue weighted by molar-refractivity contribution is -0.122. The molecule has 0 spiro atoms. The van der Waals surface area contributed by atoms with E-state index in [2.05, 4.69) is 33.1 Å². The molecule has 6 nitrogen and oxygen atoms in total. The Balaban J connectivity index is 2.53. The van der Waals surface area contributed by atoms with Gasteiger partial charge in [-0.1, -0.05) is 52.8 Å². The topological polar surface area (TPSA) is 91.2 Å². The van der Waals surface area contributed by atoms with Crippen molar-refractivity contribution in [3.8, 4) is 6.07 Å². The van der Waals surface area contributed by atoms with Crippen LogP contribution < -0.4 is 10.6 Å². The zero-order valence-electron chi connectivity index (χ0n) is 11.8. The van der Waals surface area contributed by atoms with Crippen LogP contribution in [0.15, 0.2) is 41.4 Å². The van der Waals surface area contributed by atoms with Crippen molar-refractivity contribution >= 4 is 27.9 Å². The molecule has 0 saturated carbocycles. The number of hydrogen-bond donors (Lipinski definition) is 2. The van der Waals surface area contributed by atoms with Crippen LogP contribution >= 0.6 is 15.9 Å². The van der Waals surface area contributed by atoms with Crippen LogP contribution in [0, 0.1) is 11.3 Å². The number of halogens is 1. The van der Waals surface area contributed by atoms with E-state index >= 15 is 0 Å². The third-order valence-electron chi connectivity index (χ3n) is 2.59. The fourth-order valence-corrected chi connectivity index (χ4v) is 1.91. The first-order chi connectivity index (χ1) is 10.5. The number of hydrogen-bond acceptors (Lipinski definition) is 4. The van der Waals surface area contributed by atoms with Gasteiger partial charge < -0.3 is 15.4 Å². The van der Waals surface area contributed by atoms with E-state index in [9.17, 15) is 9.59 Å². The molecule has 0 radical (unpaired) electrons. The summed E-state index contributed by atoms with van der Waals surface area (Å²) in [6.07, 6.45) is -0.521. The largest absolute Gasteiger partial charge is 0.445 e. The standard InChI is InChI=1S/C15H16BrN3O3/c1-11(16)9-13(14(20)18-8-7-17)19-15(21)22-10-12-5-3-2-4-6-12/h2-6,13H,1,8-10H2,(H,18,20)(H,19,21)/t13-/m0/s1. The van der Waals surface area contributed by atoms with Crippen molar-refractivity contribution in [1.82, 2.24) is 10.6 Å². The van der Waals surface area contributed by atoms with Gasteiger partial charge in [-0.15, -0.1) is 0 Å². The number of carbonyl (C=O) groups excluding carboxylic acids is 2. The molecule has 0 fully saturated rings. The highest BCUT2D eigenvalue weighted by molar-refractivity contribution is 9.11. The first-order valence-electron chi connectivity index (χ1n) is 6.48. The normalized spacial score (nSPS) is 10.9. The summed E-state index contributed by atoms with van der Waals surface area (Å²) in [5.41, 5.74) is 0.841. The predicted molar refractivity (Wildman–Crippen MR) is 84.9 cm³/mol. The van der Waals surface area contributed by atoms with Crippen molar-refractivity contribution in [1.29, 1.82) is 5.26 Å². The second-order valence-electron chi connectivity index (χ2n) is 4.36. The predicted octanol–water partition coefficient (Wildman–Crippen LogP) is 2.22. The summed E-state index contributed by atoms with van der Waals surface area (Å²) < 4.78 is 5.60. The molecule has 0 bridgehead atoms. The molecule has 1 rings (SSSR count). The summed E-state index contributed by atoms with van der Waals surface area (Å²) in [5.74, 6) is -0.473. The molecule has 22 heavy (non-hydrogen) atoms. The molecular weight excluding hydrogens is 350 g/mol. The minimum Gasteiger partial charge on any atom is -0.445 e. The molecule has 0 heterocycles. The van der Waals surface area contributed by atoms with Crippen molar-refractivity contribution in [3.63, 3.8) is 0 Å². The van der Waals surface area contributed by atoms with Crippen LogP contribution in [0.1, 0.15) is 12.0 Å². The highest BCUT2D eigenvalue weighted by Crippen LogP contribution is 2.10. The summed E-state index contributed by atoms with van der Waals surface area (Å²) in [4.78, 5) is 23.6. The maximum atomic E-state index is 11.9. The van der Waals surface area contributed by atoms with Gasteiger partial charge in [0.25, 0.3) is 0 Å². The maximum absolute atomic E-state index is 11.9. The number of rotatable bonds is 7. The molecule has 2 N–H and O–H groups in total. The molecule has 116 valence electrons. The highest BCUT2D eigenvalue weighted by atomic mass is 79.9. The van der Waals surface area contributed by atoms with E-state index in [1.807, 2.05) is 30.3 Å². The van der Waals surface area contributed by atoms with Crippen LogP contribution in [0.4, 0.5) is 4.79 Å². The summed E-state index contributed by atoms with van der Waals surface area (Å²) >= 11 is 3.15. The lowest BCUT2D eigenvalue weighted by atomic mass is 10.2. The molecule has 1 atom stereocenters. The Morgan fingerprint density at radius 2 is 2.05 bits per heavy atom. The van der Waals surface area contributed by atoms with Crippen LogP contribution in [-0.2, 0) is 16.1 Å². The molecule has 1 aromatic carbocycles. The minimum atomic E-state index is -0.858. The Kier molecular flexibility index (Phi) is 7.72. The molecule has 0 saturated heterocycles. The Bertz CT molecular complexity index is 569. The van der Waals surface area contributed by atoms with Crippen LogP contribution in [0.2, 0.25) is 0 Å². The maximum Gasteiger partial charge on any atom is 0.408 e. The third-order valence-corrected chi connectivity index (χ3v) is 2.91. The van der Waals surface area contributed by atoms with Crippen molar-refractivity contribution in [2.45, 2.75) is 19.1 Å². The summed E-state index contributed by atoms with van der Waals surface area (Å²) in [5, 5.41) is 13.3. The van der Waals surface area contributed by atoms with E-state index in [-0.39, 0.29) is 19.6 Å². The highest BCUT2D eigenvalue weighted by Gasteiger charge is 2.21. The lowest BCUT2D eigenvalue weighted by Gasteiger charge is -2.17. The Labute approximate surface area is 137 Å². The number of benzene rings is 1. The van der Waals surface area contributed by atoms with Crippen LogP contribution in [0.5, 0.6) is 0 Å². The van der Waals surface area contributed by atoms with E-state index in [1.165, 1.54) is 0 Å². The van der Waals surface area contributed by atoms with Crippen LogP contribution in [0.25, 0.3) is 0 Å². The number of amides is 2. The molecule has 2 amide bonds. The smallest absolute Gasteiger partial charge is 0.408 e. The van der Waals surface area contributed by atoms with Crippen molar-refractivity contribution in [3.05, 3.63) is 47.0 Å². The number of carbonyl (C=O) groups is 2. The van der Waals surface area contributed by atoms with Gasteiger partial charge in [0, 0.05) is 6.42 Å².